The maximum absolute atomic E-state index is 6.20. The van der Waals surface area contributed by atoms with Crippen LogP contribution in [0.5, 0.6) is 0 Å². The van der Waals surface area contributed by atoms with Gasteiger partial charge in [-0.1, -0.05) is 17.7 Å². The molecule has 18 heavy (non-hydrogen) atoms. The number of hydrogen-bond donors (Lipinski definition) is 2. The molecular formula is C15H19ClN2. The molecule has 2 N–H and O–H groups in total. The first kappa shape index (κ1) is 12.1. The molecule has 96 valence electrons. The summed E-state index contributed by atoms with van der Waals surface area (Å²) in [6.45, 7) is 3.20. The van der Waals surface area contributed by atoms with Crippen LogP contribution < -0.4 is 5.32 Å². The van der Waals surface area contributed by atoms with Gasteiger partial charge in [-0.25, -0.2) is 0 Å². The summed E-state index contributed by atoms with van der Waals surface area (Å²) in [5.41, 5.74) is 5.34. The molecule has 1 aromatic heterocycles. The van der Waals surface area contributed by atoms with Crippen molar-refractivity contribution in [1.82, 2.24) is 10.3 Å². The van der Waals surface area contributed by atoms with Crippen molar-refractivity contribution in [1.29, 1.82) is 0 Å². The third-order valence-electron chi connectivity index (χ3n) is 4.15. The molecule has 3 heteroatoms. The predicted molar refractivity (Wildman–Crippen MR) is 77.5 cm³/mol. The highest BCUT2D eigenvalue weighted by atomic mass is 35.5. The Hall–Kier alpha value is -0.990. The minimum atomic E-state index is 0.762. The second kappa shape index (κ2) is 4.60. The first-order valence-electron chi connectivity index (χ1n) is 6.64. The van der Waals surface area contributed by atoms with Crippen molar-refractivity contribution in [2.45, 2.75) is 26.2 Å². The number of aromatic amines is 1. The molecule has 0 spiro atoms. The molecule has 0 amide bonds. The maximum Gasteiger partial charge on any atom is 0.0503 e. The molecule has 1 unspecified atom stereocenters. The lowest BCUT2D eigenvalue weighted by atomic mass is 9.86. The van der Waals surface area contributed by atoms with Crippen LogP contribution in [0.2, 0.25) is 5.02 Å². The second-order valence-corrected chi connectivity index (χ2v) is 5.75. The molecule has 2 nitrogen and oxygen atoms in total. The molecule has 1 aliphatic rings. The van der Waals surface area contributed by atoms with E-state index >= 15 is 0 Å². The smallest absolute Gasteiger partial charge is 0.0503 e. The van der Waals surface area contributed by atoms with E-state index < -0.39 is 0 Å². The van der Waals surface area contributed by atoms with Crippen LogP contribution in [0.15, 0.2) is 12.1 Å². The van der Waals surface area contributed by atoms with E-state index in [0.717, 1.165) is 23.9 Å². The standard InChI is InChI=1S/C15H19ClN2/c1-9-13(16)5-4-11-12-7-10(8-17-2)3-6-14(12)18-15(9)11/h4-5,10,17-18H,3,6-8H2,1-2H3. The van der Waals surface area contributed by atoms with Crippen LogP contribution in [-0.4, -0.2) is 18.6 Å². The maximum atomic E-state index is 6.20. The lowest BCUT2D eigenvalue weighted by Crippen LogP contribution is -2.24. The minimum absolute atomic E-state index is 0.762. The van der Waals surface area contributed by atoms with Crippen LogP contribution in [0.3, 0.4) is 0 Å². The summed E-state index contributed by atoms with van der Waals surface area (Å²) in [6, 6.07) is 4.19. The Morgan fingerprint density at radius 1 is 1.44 bits per heavy atom. The summed E-state index contributed by atoms with van der Waals surface area (Å²) in [4.78, 5) is 3.58. The number of halogens is 1. The predicted octanol–water partition coefficient (Wildman–Crippen LogP) is 3.45. The number of hydrogen-bond acceptors (Lipinski definition) is 1. The van der Waals surface area contributed by atoms with Gasteiger partial charge in [0.2, 0.25) is 0 Å². The summed E-state index contributed by atoms with van der Waals surface area (Å²) in [5.74, 6) is 0.762. The first-order valence-corrected chi connectivity index (χ1v) is 7.01. The van der Waals surface area contributed by atoms with E-state index in [9.17, 15) is 0 Å². The Labute approximate surface area is 113 Å². The van der Waals surface area contributed by atoms with Gasteiger partial charge in [0.15, 0.2) is 0 Å². The number of nitrogens with one attached hydrogen (secondary N) is 2. The van der Waals surface area contributed by atoms with E-state index in [1.165, 1.54) is 40.6 Å². The van der Waals surface area contributed by atoms with Crippen LogP contribution in [0.4, 0.5) is 0 Å². The van der Waals surface area contributed by atoms with Gasteiger partial charge in [-0.2, -0.15) is 0 Å². The number of rotatable bonds is 2. The average Bonchev–Trinajstić information content (AvgIpc) is 2.73. The van der Waals surface area contributed by atoms with Gasteiger partial charge in [0.1, 0.15) is 0 Å². The third-order valence-corrected chi connectivity index (χ3v) is 4.56. The van der Waals surface area contributed by atoms with Gasteiger partial charge in [0.25, 0.3) is 0 Å². The molecule has 3 rings (SSSR count). The van der Waals surface area contributed by atoms with Crippen LogP contribution >= 0.6 is 11.6 Å². The van der Waals surface area contributed by atoms with Crippen LogP contribution in [0.1, 0.15) is 23.2 Å². The zero-order valence-electron chi connectivity index (χ0n) is 10.9. The molecule has 0 radical (unpaired) electrons. The van der Waals surface area contributed by atoms with E-state index in [0.29, 0.717) is 0 Å². The van der Waals surface area contributed by atoms with E-state index in [2.05, 4.69) is 23.3 Å². The molecule has 0 saturated heterocycles. The Balaban J connectivity index is 2.08. The summed E-state index contributed by atoms with van der Waals surface area (Å²) < 4.78 is 0. The largest absolute Gasteiger partial charge is 0.358 e. The summed E-state index contributed by atoms with van der Waals surface area (Å²) in [5, 5.41) is 5.52. The van der Waals surface area contributed by atoms with Crippen LogP contribution in [0.25, 0.3) is 10.9 Å². The van der Waals surface area contributed by atoms with Gasteiger partial charge in [0, 0.05) is 16.1 Å². The average molecular weight is 263 g/mol. The molecule has 1 aliphatic carbocycles. The van der Waals surface area contributed by atoms with Gasteiger partial charge in [-0.3, -0.25) is 0 Å². The molecule has 1 heterocycles. The number of fused-ring (bicyclic) bond motifs is 3. The molecular weight excluding hydrogens is 244 g/mol. The highest BCUT2D eigenvalue weighted by molar-refractivity contribution is 6.32. The Morgan fingerprint density at radius 2 is 2.28 bits per heavy atom. The molecule has 1 atom stereocenters. The molecule has 0 saturated carbocycles. The van der Waals surface area contributed by atoms with Gasteiger partial charge in [0.05, 0.1) is 5.52 Å². The lowest BCUT2D eigenvalue weighted by Gasteiger charge is -2.22. The van der Waals surface area contributed by atoms with Gasteiger partial charge in [-0.05, 0) is 62.9 Å². The van der Waals surface area contributed by atoms with Crippen LogP contribution in [0, 0.1) is 12.8 Å². The van der Waals surface area contributed by atoms with Crippen LogP contribution in [-0.2, 0) is 12.8 Å². The number of aryl methyl sites for hydroxylation is 2. The highest BCUT2D eigenvalue weighted by Gasteiger charge is 2.22. The van der Waals surface area contributed by atoms with Crippen molar-refractivity contribution in [3.05, 3.63) is 34.0 Å². The molecule has 0 bridgehead atoms. The molecule has 0 aliphatic heterocycles. The molecule has 1 aromatic carbocycles. The first-order chi connectivity index (χ1) is 8.70. The Bertz CT molecular complexity index is 586. The van der Waals surface area contributed by atoms with Gasteiger partial charge < -0.3 is 10.3 Å². The van der Waals surface area contributed by atoms with Crippen molar-refractivity contribution in [3.63, 3.8) is 0 Å². The van der Waals surface area contributed by atoms with E-state index in [4.69, 9.17) is 11.6 Å². The quantitative estimate of drug-likeness (QED) is 0.852. The molecule has 2 aromatic rings. The van der Waals surface area contributed by atoms with E-state index in [1.54, 1.807) is 0 Å². The number of aromatic nitrogens is 1. The second-order valence-electron chi connectivity index (χ2n) is 5.34. The zero-order valence-corrected chi connectivity index (χ0v) is 11.7. The van der Waals surface area contributed by atoms with Crippen molar-refractivity contribution < 1.29 is 0 Å². The van der Waals surface area contributed by atoms with E-state index in [-0.39, 0.29) is 0 Å². The normalized spacial score (nSPS) is 19.2. The topological polar surface area (TPSA) is 27.8 Å². The summed E-state index contributed by atoms with van der Waals surface area (Å²) in [6.07, 6.45) is 3.61. The Kier molecular flexibility index (Phi) is 3.08. The Morgan fingerprint density at radius 3 is 3.06 bits per heavy atom. The zero-order chi connectivity index (χ0) is 12.7. The highest BCUT2D eigenvalue weighted by Crippen LogP contribution is 2.34. The molecule has 0 fully saturated rings. The monoisotopic (exact) mass is 262 g/mol. The fourth-order valence-corrected chi connectivity index (χ4v) is 3.29. The van der Waals surface area contributed by atoms with Crippen molar-refractivity contribution in [2.75, 3.05) is 13.6 Å². The van der Waals surface area contributed by atoms with E-state index in [1.807, 2.05) is 13.1 Å². The SMILES string of the molecule is CNCC1CCc2[nH]c3c(C)c(Cl)ccc3c2C1. The van der Waals surface area contributed by atoms with Crippen molar-refractivity contribution in [3.8, 4) is 0 Å². The fraction of sp³-hybridized carbons (Fsp3) is 0.467. The third kappa shape index (κ3) is 1.84. The number of benzene rings is 1. The van der Waals surface area contributed by atoms with Gasteiger partial charge in [-0.15, -0.1) is 0 Å². The summed E-state index contributed by atoms with van der Waals surface area (Å²) >= 11 is 6.20. The summed E-state index contributed by atoms with van der Waals surface area (Å²) in [7, 11) is 2.04. The van der Waals surface area contributed by atoms with Gasteiger partial charge >= 0.3 is 0 Å². The van der Waals surface area contributed by atoms with Crippen molar-refractivity contribution >= 4 is 22.5 Å². The number of H-pyrrole nitrogens is 1. The minimum Gasteiger partial charge on any atom is -0.358 e. The van der Waals surface area contributed by atoms with Crippen molar-refractivity contribution in [2.24, 2.45) is 5.92 Å². The fourth-order valence-electron chi connectivity index (χ4n) is 3.14. The lowest BCUT2D eigenvalue weighted by molar-refractivity contribution is 0.439.